The minimum Gasteiger partial charge on any atom is -0.389 e. The van der Waals surface area contributed by atoms with E-state index in [1.165, 1.54) is 0 Å². The lowest BCUT2D eigenvalue weighted by Crippen LogP contribution is -2.15. The van der Waals surface area contributed by atoms with Crippen molar-refractivity contribution in [3.8, 4) is 0 Å². The van der Waals surface area contributed by atoms with E-state index in [9.17, 15) is 0 Å². The fourth-order valence-corrected chi connectivity index (χ4v) is 0.654. The van der Waals surface area contributed by atoms with Gasteiger partial charge in [0.15, 0.2) is 0 Å². The van der Waals surface area contributed by atoms with Crippen molar-refractivity contribution >= 4 is 20.2 Å². The van der Waals surface area contributed by atoms with Crippen molar-refractivity contribution in [3.05, 3.63) is 0 Å². The van der Waals surface area contributed by atoms with Crippen LogP contribution in [0.5, 0.6) is 0 Å². The molecule has 7 heteroatoms. The Morgan fingerprint density at radius 1 is 1.60 bits per heavy atom. The third kappa shape index (κ3) is 5.32. The first kappa shape index (κ1) is 10.5. The predicted octanol–water partition coefficient (Wildman–Crippen LogP) is 0.311. The molecule has 0 aromatic rings. The topological polar surface area (TPSA) is 79.2 Å². The highest BCUT2D eigenvalue weighted by molar-refractivity contribution is 7.40. The van der Waals surface area contributed by atoms with Gasteiger partial charge in [-0.2, -0.15) is 4.67 Å². The fourth-order valence-electron chi connectivity index (χ4n) is 0.218. The maximum absolute atomic E-state index is 8.71. The van der Waals surface area contributed by atoms with Crippen LogP contribution >= 0.6 is 20.2 Å². The highest BCUT2D eigenvalue weighted by atomic mass is 35.5. The van der Waals surface area contributed by atoms with Crippen molar-refractivity contribution in [1.29, 1.82) is 0 Å². The Labute approximate surface area is 64.1 Å². The van der Waals surface area contributed by atoms with Gasteiger partial charge in [0, 0.05) is 0 Å². The quantitative estimate of drug-likeness (QED) is 0.252. The van der Waals surface area contributed by atoms with E-state index in [1.807, 2.05) is 0 Å². The van der Waals surface area contributed by atoms with Gasteiger partial charge in [-0.1, -0.05) is 0 Å². The van der Waals surface area contributed by atoms with Crippen molar-refractivity contribution in [2.45, 2.75) is 6.10 Å². The van der Waals surface area contributed by atoms with E-state index in [0.717, 1.165) is 0 Å². The number of hydrogen-bond acceptors (Lipinski definition) is 5. The van der Waals surface area contributed by atoms with Gasteiger partial charge in [0.25, 0.3) is 0 Å². The molecule has 0 saturated heterocycles. The van der Waals surface area contributed by atoms with Gasteiger partial charge in [0.05, 0.1) is 18.6 Å². The maximum Gasteiger partial charge on any atom is 0.359 e. The molecule has 0 aromatic carbocycles. The summed E-state index contributed by atoms with van der Waals surface area (Å²) in [6.07, 6.45) is -0.853. The molecule has 0 fully saturated rings. The molecule has 0 rings (SSSR count). The van der Waals surface area contributed by atoms with Crippen LogP contribution in [-0.2, 0) is 9.20 Å². The molecule has 0 amide bonds. The van der Waals surface area contributed by atoms with Crippen LogP contribution in [0.25, 0.3) is 0 Å². The molecule has 3 N–H and O–H groups in total. The lowest BCUT2D eigenvalue weighted by molar-refractivity contribution is -0.150. The zero-order chi connectivity index (χ0) is 7.98. The van der Waals surface area contributed by atoms with E-state index in [1.54, 1.807) is 0 Å². The van der Waals surface area contributed by atoms with Crippen LogP contribution in [0, 0.1) is 0 Å². The van der Waals surface area contributed by atoms with E-state index in [0.29, 0.717) is 0 Å². The number of rotatable bonds is 5. The molecule has 0 radical (unpaired) electrons. The summed E-state index contributed by atoms with van der Waals surface area (Å²) < 4.78 is 7.75. The van der Waals surface area contributed by atoms with Gasteiger partial charge in [-0.25, -0.2) is 5.26 Å². The smallest absolute Gasteiger partial charge is 0.359 e. The normalized spacial score (nSPS) is 16.8. The second kappa shape index (κ2) is 6.24. The summed E-state index contributed by atoms with van der Waals surface area (Å²) in [6, 6.07) is 0. The molecule has 0 aliphatic carbocycles. The van der Waals surface area contributed by atoms with Crippen LogP contribution in [0.2, 0.25) is 0 Å². The third-order valence-electron chi connectivity index (χ3n) is 0.625. The largest absolute Gasteiger partial charge is 0.389 e. The lowest BCUT2D eigenvalue weighted by atomic mass is 10.4. The molecule has 2 unspecified atom stereocenters. The molecule has 0 aromatic heterocycles. The van der Waals surface area contributed by atoms with Crippen LogP contribution in [0.3, 0.4) is 0 Å². The molecule has 0 heterocycles. The molecule has 5 nitrogen and oxygen atoms in total. The van der Waals surface area contributed by atoms with E-state index in [4.69, 9.17) is 26.9 Å². The minimum atomic E-state index is -2.28. The van der Waals surface area contributed by atoms with Crippen LogP contribution < -0.4 is 0 Å². The van der Waals surface area contributed by atoms with Crippen LogP contribution in [0.1, 0.15) is 0 Å². The summed E-state index contributed by atoms with van der Waals surface area (Å²) in [6.45, 7) is -0.160. The molecule has 0 saturated carbocycles. The first-order valence-electron chi connectivity index (χ1n) is 2.38. The average molecular weight is 191 g/mol. The van der Waals surface area contributed by atoms with Crippen LogP contribution in [0.15, 0.2) is 0 Å². The standard InChI is InChI=1S/C3H8ClO5P/c4-1-3(5)2-8-10(7)9-6/h3,5-7H,1-2H2. The highest BCUT2D eigenvalue weighted by Gasteiger charge is 2.09. The number of aliphatic hydroxyl groups is 1. The van der Waals surface area contributed by atoms with Crippen molar-refractivity contribution in [3.63, 3.8) is 0 Å². The molecule has 62 valence electrons. The van der Waals surface area contributed by atoms with E-state index in [2.05, 4.69) is 9.20 Å². The summed E-state index contributed by atoms with van der Waals surface area (Å²) in [5.74, 6) is 0.00853. The predicted molar refractivity (Wildman–Crippen MR) is 35.5 cm³/mol. The Kier molecular flexibility index (Phi) is 6.57. The first-order valence-corrected chi connectivity index (χ1v) is 4.04. The monoisotopic (exact) mass is 190 g/mol. The fraction of sp³-hybridized carbons (Fsp3) is 1.00. The lowest BCUT2D eigenvalue weighted by Gasteiger charge is -2.08. The van der Waals surface area contributed by atoms with Gasteiger partial charge in [-0.15, -0.1) is 11.6 Å². The molecule has 0 aliphatic rings. The second-order valence-electron chi connectivity index (χ2n) is 1.42. The molecular formula is C3H8ClO5P. The van der Waals surface area contributed by atoms with Gasteiger partial charge < -0.3 is 14.5 Å². The van der Waals surface area contributed by atoms with E-state index >= 15 is 0 Å². The van der Waals surface area contributed by atoms with E-state index < -0.39 is 14.7 Å². The molecule has 2 atom stereocenters. The maximum atomic E-state index is 8.71. The van der Waals surface area contributed by atoms with E-state index in [-0.39, 0.29) is 12.5 Å². The summed E-state index contributed by atoms with van der Waals surface area (Å²) in [5.41, 5.74) is 0. The van der Waals surface area contributed by atoms with Gasteiger partial charge in [0.2, 0.25) is 0 Å². The zero-order valence-corrected chi connectivity index (χ0v) is 6.63. The zero-order valence-electron chi connectivity index (χ0n) is 4.97. The van der Waals surface area contributed by atoms with Gasteiger partial charge in [-0.05, 0) is 0 Å². The van der Waals surface area contributed by atoms with Crippen molar-refractivity contribution in [2.75, 3.05) is 12.5 Å². The Balaban J connectivity index is 3.17. The Morgan fingerprint density at radius 2 is 2.20 bits per heavy atom. The molecule has 0 spiro atoms. The Hall–Kier alpha value is 0.520. The third-order valence-corrected chi connectivity index (χ3v) is 1.49. The summed E-state index contributed by atoms with van der Waals surface area (Å²) in [7, 11) is -2.28. The summed E-state index contributed by atoms with van der Waals surface area (Å²) in [4.78, 5) is 8.42. The van der Waals surface area contributed by atoms with Crippen LogP contribution in [-0.4, -0.2) is 33.8 Å². The molecule has 10 heavy (non-hydrogen) atoms. The number of alkyl halides is 1. The molecular weight excluding hydrogens is 182 g/mol. The summed E-state index contributed by atoms with van der Waals surface area (Å²) in [5, 5.41) is 16.5. The number of halogens is 1. The first-order chi connectivity index (χ1) is 4.70. The number of hydrogen-bond donors (Lipinski definition) is 3. The van der Waals surface area contributed by atoms with Gasteiger partial charge in [0.1, 0.15) is 0 Å². The van der Waals surface area contributed by atoms with Gasteiger partial charge in [-0.3, -0.25) is 0 Å². The van der Waals surface area contributed by atoms with Crippen molar-refractivity contribution < 1.29 is 24.5 Å². The molecule has 0 aliphatic heterocycles. The Bertz CT molecular complexity index is 73.3. The Morgan fingerprint density at radius 3 is 2.60 bits per heavy atom. The SMILES string of the molecule is OOP(O)OCC(O)CCl. The van der Waals surface area contributed by atoms with Crippen LogP contribution in [0.4, 0.5) is 0 Å². The number of aliphatic hydroxyl groups excluding tert-OH is 1. The summed E-state index contributed by atoms with van der Waals surface area (Å²) >= 11 is 5.17. The van der Waals surface area contributed by atoms with Crippen molar-refractivity contribution in [1.82, 2.24) is 0 Å². The molecule has 0 bridgehead atoms. The minimum absolute atomic E-state index is 0.00853. The van der Waals surface area contributed by atoms with Crippen molar-refractivity contribution in [2.24, 2.45) is 0 Å². The highest BCUT2D eigenvalue weighted by Crippen LogP contribution is 2.30. The second-order valence-corrected chi connectivity index (χ2v) is 2.63. The average Bonchev–Trinajstić information content (AvgIpc) is 1.99. The van der Waals surface area contributed by atoms with Gasteiger partial charge >= 0.3 is 8.60 Å².